The summed E-state index contributed by atoms with van der Waals surface area (Å²) in [6.45, 7) is 2.18. The highest BCUT2D eigenvalue weighted by Crippen LogP contribution is 2.13. The van der Waals surface area contributed by atoms with Crippen LogP contribution in [0, 0.1) is 0 Å². The molecule has 0 fully saturated rings. The van der Waals surface area contributed by atoms with Gasteiger partial charge in [-0.25, -0.2) is 8.57 Å². The van der Waals surface area contributed by atoms with Gasteiger partial charge >= 0.3 is 0 Å². The van der Waals surface area contributed by atoms with E-state index in [9.17, 15) is 12.8 Å². The Bertz CT molecular complexity index is 265. The Hall–Kier alpha value is -0.160. The van der Waals surface area contributed by atoms with Crippen molar-refractivity contribution < 1.29 is 17.0 Å². The largest absolute Gasteiger partial charge is 0.267 e. The van der Waals surface area contributed by atoms with Crippen LogP contribution in [0.5, 0.6) is 0 Å². The van der Waals surface area contributed by atoms with Gasteiger partial charge in [-0.15, -0.1) is 0 Å². The summed E-state index contributed by atoms with van der Waals surface area (Å²) in [7, 11) is -3.66. The molecule has 1 unspecified atom stereocenters. The molecule has 0 rings (SSSR count). The Morgan fingerprint density at radius 1 is 1.00 bits per heavy atom. The number of halogens is 1. The molecule has 0 saturated carbocycles. The van der Waals surface area contributed by atoms with Crippen LogP contribution in [0.2, 0.25) is 0 Å². The van der Waals surface area contributed by atoms with E-state index in [-0.39, 0.29) is 6.42 Å². The number of alkyl halides is 1. The van der Waals surface area contributed by atoms with Gasteiger partial charge in [-0.1, -0.05) is 51.9 Å². The molecule has 0 spiro atoms. The van der Waals surface area contributed by atoms with E-state index in [0.717, 1.165) is 19.1 Å². The van der Waals surface area contributed by atoms with Crippen LogP contribution in [-0.4, -0.2) is 21.0 Å². The SMILES string of the molecule is CCCCCCCCCCC(F)OS(C)(=O)=O. The van der Waals surface area contributed by atoms with Crippen molar-refractivity contribution in [3.05, 3.63) is 0 Å². The molecular formula is C12H25FO3S. The molecule has 0 amide bonds. The molecule has 0 saturated heterocycles. The van der Waals surface area contributed by atoms with Gasteiger partial charge in [-0.3, -0.25) is 0 Å². The minimum Gasteiger partial charge on any atom is -0.233 e. The van der Waals surface area contributed by atoms with Gasteiger partial charge < -0.3 is 0 Å². The molecule has 0 aromatic carbocycles. The summed E-state index contributed by atoms with van der Waals surface area (Å²) in [4.78, 5) is 0. The molecule has 0 aromatic heterocycles. The van der Waals surface area contributed by atoms with Gasteiger partial charge in [-0.05, 0) is 6.42 Å². The normalized spacial score (nSPS) is 13.8. The second kappa shape index (κ2) is 9.83. The third kappa shape index (κ3) is 13.8. The lowest BCUT2D eigenvalue weighted by Crippen LogP contribution is -2.12. The second-order valence-electron chi connectivity index (χ2n) is 4.47. The van der Waals surface area contributed by atoms with Crippen molar-refractivity contribution in [1.29, 1.82) is 0 Å². The van der Waals surface area contributed by atoms with Gasteiger partial charge in [0.15, 0.2) is 0 Å². The number of rotatable bonds is 11. The summed E-state index contributed by atoms with van der Waals surface area (Å²) in [5, 5.41) is 0. The fourth-order valence-corrected chi connectivity index (χ4v) is 2.15. The van der Waals surface area contributed by atoms with E-state index in [1.54, 1.807) is 0 Å². The van der Waals surface area contributed by atoms with E-state index in [1.165, 1.54) is 32.1 Å². The first kappa shape index (κ1) is 16.8. The van der Waals surface area contributed by atoms with Gasteiger partial charge in [0.2, 0.25) is 6.36 Å². The first-order valence-corrected chi connectivity index (χ1v) is 8.29. The maximum Gasteiger partial charge on any atom is 0.267 e. The molecule has 3 nitrogen and oxygen atoms in total. The predicted octanol–water partition coefficient (Wildman–Crippen LogP) is 3.79. The Kier molecular flexibility index (Phi) is 9.74. The number of unbranched alkanes of at least 4 members (excludes halogenated alkanes) is 7. The molecule has 0 heterocycles. The zero-order valence-corrected chi connectivity index (χ0v) is 11.8. The van der Waals surface area contributed by atoms with Gasteiger partial charge in [0.1, 0.15) is 0 Å². The zero-order chi connectivity index (χ0) is 13.1. The monoisotopic (exact) mass is 268 g/mol. The van der Waals surface area contributed by atoms with E-state index in [2.05, 4.69) is 11.1 Å². The van der Waals surface area contributed by atoms with E-state index in [0.29, 0.717) is 6.42 Å². The van der Waals surface area contributed by atoms with Crippen LogP contribution in [0.15, 0.2) is 0 Å². The summed E-state index contributed by atoms with van der Waals surface area (Å²) in [6.07, 6.45) is 8.32. The fourth-order valence-electron chi connectivity index (χ4n) is 1.68. The minimum absolute atomic E-state index is 0.169. The van der Waals surface area contributed by atoms with E-state index >= 15 is 0 Å². The summed E-state index contributed by atoms with van der Waals surface area (Å²) < 4.78 is 38.4. The smallest absolute Gasteiger partial charge is 0.233 e. The Morgan fingerprint density at radius 2 is 1.47 bits per heavy atom. The zero-order valence-electron chi connectivity index (χ0n) is 11.0. The summed E-state index contributed by atoms with van der Waals surface area (Å²) in [5.41, 5.74) is 0. The highest BCUT2D eigenvalue weighted by molar-refractivity contribution is 7.86. The summed E-state index contributed by atoms with van der Waals surface area (Å²) >= 11 is 0. The third-order valence-corrected chi connectivity index (χ3v) is 3.12. The standard InChI is InChI=1S/C12H25FO3S/c1-3-4-5-6-7-8-9-10-11-12(13)16-17(2,14)15/h12H,3-11H2,1-2H3. The predicted molar refractivity (Wildman–Crippen MR) is 68.1 cm³/mol. The highest BCUT2D eigenvalue weighted by Gasteiger charge is 2.12. The van der Waals surface area contributed by atoms with Crippen LogP contribution in [0.4, 0.5) is 4.39 Å². The van der Waals surface area contributed by atoms with E-state index in [4.69, 9.17) is 0 Å². The number of hydrogen-bond donors (Lipinski definition) is 0. The van der Waals surface area contributed by atoms with Crippen molar-refractivity contribution in [3.8, 4) is 0 Å². The molecular weight excluding hydrogens is 243 g/mol. The highest BCUT2D eigenvalue weighted by atomic mass is 32.2. The summed E-state index contributed by atoms with van der Waals surface area (Å²) in [5.74, 6) is 0. The van der Waals surface area contributed by atoms with Crippen molar-refractivity contribution in [2.45, 2.75) is 71.1 Å². The lowest BCUT2D eigenvalue weighted by molar-refractivity contribution is 0.0648. The summed E-state index contributed by atoms with van der Waals surface area (Å²) in [6, 6.07) is 0. The van der Waals surface area contributed by atoms with Gasteiger partial charge in [0.25, 0.3) is 10.1 Å². The van der Waals surface area contributed by atoms with Crippen molar-refractivity contribution in [2.24, 2.45) is 0 Å². The van der Waals surface area contributed by atoms with Crippen LogP contribution in [0.3, 0.4) is 0 Å². The van der Waals surface area contributed by atoms with Gasteiger partial charge in [0, 0.05) is 6.42 Å². The van der Waals surface area contributed by atoms with Crippen molar-refractivity contribution in [3.63, 3.8) is 0 Å². The Morgan fingerprint density at radius 3 is 1.94 bits per heavy atom. The van der Waals surface area contributed by atoms with Crippen LogP contribution in [-0.2, 0) is 14.3 Å². The van der Waals surface area contributed by atoms with Crippen molar-refractivity contribution in [1.82, 2.24) is 0 Å². The maximum absolute atomic E-state index is 13.0. The molecule has 1 atom stereocenters. The Balaban J connectivity index is 3.28. The molecule has 0 aliphatic heterocycles. The molecule has 0 radical (unpaired) electrons. The first-order chi connectivity index (χ1) is 7.95. The second-order valence-corrected chi connectivity index (χ2v) is 6.07. The average molecular weight is 268 g/mol. The molecule has 17 heavy (non-hydrogen) atoms. The Labute approximate surface area is 105 Å². The lowest BCUT2D eigenvalue weighted by atomic mass is 10.1. The molecule has 0 bridgehead atoms. The van der Waals surface area contributed by atoms with Crippen molar-refractivity contribution in [2.75, 3.05) is 6.26 Å². The molecule has 0 N–H and O–H groups in total. The quantitative estimate of drug-likeness (QED) is 0.423. The topological polar surface area (TPSA) is 43.4 Å². The molecule has 5 heteroatoms. The average Bonchev–Trinajstić information content (AvgIpc) is 2.19. The number of hydrogen-bond acceptors (Lipinski definition) is 3. The molecule has 0 aliphatic rings. The van der Waals surface area contributed by atoms with Crippen LogP contribution >= 0.6 is 0 Å². The van der Waals surface area contributed by atoms with E-state index in [1.807, 2.05) is 0 Å². The van der Waals surface area contributed by atoms with E-state index < -0.39 is 16.5 Å². The third-order valence-electron chi connectivity index (χ3n) is 2.56. The molecule has 104 valence electrons. The molecule has 0 aromatic rings. The first-order valence-electron chi connectivity index (χ1n) is 6.48. The maximum atomic E-state index is 13.0. The van der Waals surface area contributed by atoms with Gasteiger partial charge in [-0.2, -0.15) is 8.42 Å². The fraction of sp³-hybridized carbons (Fsp3) is 1.00. The van der Waals surface area contributed by atoms with Crippen LogP contribution in [0.25, 0.3) is 0 Å². The van der Waals surface area contributed by atoms with Crippen LogP contribution < -0.4 is 0 Å². The lowest BCUT2D eigenvalue weighted by Gasteiger charge is -2.07. The van der Waals surface area contributed by atoms with Crippen LogP contribution in [0.1, 0.15) is 64.7 Å². The van der Waals surface area contributed by atoms with Gasteiger partial charge in [0.05, 0.1) is 6.26 Å². The molecule has 0 aliphatic carbocycles. The minimum atomic E-state index is -3.66. The van der Waals surface area contributed by atoms with Crippen molar-refractivity contribution >= 4 is 10.1 Å².